The van der Waals surface area contributed by atoms with Crippen molar-refractivity contribution in [3.8, 4) is 0 Å². The van der Waals surface area contributed by atoms with Gasteiger partial charge in [0, 0.05) is 32.7 Å². The van der Waals surface area contributed by atoms with E-state index in [9.17, 15) is 9.59 Å². The molecule has 10 heteroatoms. The molecule has 0 aromatic carbocycles. The van der Waals surface area contributed by atoms with Gasteiger partial charge in [-0.3, -0.25) is 9.48 Å². The van der Waals surface area contributed by atoms with E-state index in [0.29, 0.717) is 44.7 Å². The van der Waals surface area contributed by atoms with E-state index in [-0.39, 0.29) is 23.6 Å². The lowest BCUT2D eigenvalue weighted by Gasteiger charge is -2.36. The summed E-state index contributed by atoms with van der Waals surface area (Å²) in [6, 6.07) is 0. The first-order valence-electron chi connectivity index (χ1n) is 10.0. The molecular formula is C19H25N5O5. The highest BCUT2D eigenvalue weighted by atomic mass is 16.6. The van der Waals surface area contributed by atoms with Gasteiger partial charge < -0.3 is 14.8 Å². The second-order valence-electron chi connectivity index (χ2n) is 7.60. The molecule has 2 aliphatic rings. The molecule has 1 amide bonds. The van der Waals surface area contributed by atoms with Crippen molar-refractivity contribution in [2.75, 3.05) is 26.4 Å². The van der Waals surface area contributed by atoms with Crippen LogP contribution in [-0.2, 0) is 28.9 Å². The van der Waals surface area contributed by atoms with Gasteiger partial charge in [0.1, 0.15) is 6.20 Å². The third-order valence-corrected chi connectivity index (χ3v) is 5.73. The average molecular weight is 403 g/mol. The molecule has 4 rings (SSSR count). The molecule has 1 spiro atoms. The number of ether oxygens (including phenoxy) is 2. The third kappa shape index (κ3) is 4.02. The van der Waals surface area contributed by atoms with E-state index < -0.39 is 5.97 Å². The third-order valence-electron chi connectivity index (χ3n) is 5.73. The SMILES string of the molecule is CCc1nn(CCCOC(=O)c2cnon2)c2c1C(=O)NCC1(CCOCC1)C2. The summed E-state index contributed by atoms with van der Waals surface area (Å²) in [5.74, 6) is -0.614. The molecule has 0 bridgehead atoms. The Morgan fingerprint density at radius 1 is 1.38 bits per heavy atom. The van der Waals surface area contributed by atoms with Gasteiger partial charge in [0.25, 0.3) is 5.91 Å². The molecule has 156 valence electrons. The quantitative estimate of drug-likeness (QED) is 0.563. The summed E-state index contributed by atoms with van der Waals surface area (Å²) in [6.45, 7) is 4.87. The highest BCUT2D eigenvalue weighted by molar-refractivity contribution is 5.97. The molecule has 0 radical (unpaired) electrons. The van der Waals surface area contributed by atoms with Crippen molar-refractivity contribution in [1.29, 1.82) is 0 Å². The molecule has 2 aromatic heterocycles. The number of nitrogens with one attached hydrogen (secondary N) is 1. The first-order chi connectivity index (χ1) is 14.1. The van der Waals surface area contributed by atoms with E-state index >= 15 is 0 Å². The molecule has 0 saturated carbocycles. The smallest absolute Gasteiger partial charge is 0.362 e. The Bertz CT molecular complexity index is 870. The Morgan fingerprint density at radius 2 is 2.21 bits per heavy atom. The lowest BCUT2D eigenvalue weighted by atomic mass is 9.76. The zero-order valence-electron chi connectivity index (χ0n) is 16.5. The van der Waals surface area contributed by atoms with E-state index in [0.717, 1.165) is 30.7 Å². The first kappa shape index (κ1) is 19.6. The molecular weight excluding hydrogens is 378 g/mol. The van der Waals surface area contributed by atoms with Gasteiger partial charge in [0.2, 0.25) is 5.69 Å². The molecule has 0 unspecified atom stereocenters. The van der Waals surface area contributed by atoms with Crippen molar-refractivity contribution in [2.45, 2.75) is 45.6 Å². The maximum atomic E-state index is 12.8. The van der Waals surface area contributed by atoms with E-state index in [2.05, 4.69) is 20.3 Å². The topological polar surface area (TPSA) is 121 Å². The molecule has 0 aliphatic carbocycles. The van der Waals surface area contributed by atoms with Crippen LogP contribution in [0.1, 0.15) is 58.4 Å². The van der Waals surface area contributed by atoms with Gasteiger partial charge in [-0.15, -0.1) is 0 Å². The van der Waals surface area contributed by atoms with E-state index in [4.69, 9.17) is 14.6 Å². The molecule has 1 fully saturated rings. The van der Waals surface area contributed by atoms with Crippen molar-refractivity contribution in [1.82, 2.24) is 25.4 Å². The zero-order chi connectivity index (χ0) is 20.3. The lowest BCUT2D eigenvalue weighted by Crippen LogP contribution is -2.40. The van der Waals surface area contributed by atoms with Crippen LogP contribution >= 0.6 is 0 Å². The summed E-state index contributed by atoms with van der Waals surface area (Å²) in [5.41, 5.74) is 2.55. The summed E-state index contributed by atoms with van der Waals surface area (Å²) in [6.07, 6.45) is 5.11. The number of hydrogen-bond acceptors (Lipinski definition) is 8. The number of rotatable bonds is 6. The summed E-state index contributed by atoms with van der Waals surface area (Å²) >= 11 is 0. The predicted molar refractivity (Wildman–Crippen MR) is 99.3 cm³/mol. The number of carbonyl (C=O) groups is 2. The number of carbonyl (C=O) groups excluding carboxylic acids is 2. The number of nitrogens with zero attached hydrogens (tertiary/aromatic N) is 4. The first-order valence-corrected chi connectivity index (χ1v) is 10.0. The normalized spacial score (nSPS) is 18.2. The van der Waals surface area contributed by atoms with Crippen LogP contribution in [0.3, 0.4) is 0 Å². The number of hydrogen-bond donors (Lipinski definition) is 1. The lowest BCUT2D eigenvalue weighted by molar-refractivity contribution is 0.0152. The van der Waals surface area contributed by atoms with Gasteiger partial charge in [0.05, 0.1) is 23.6 Å². The average Bonchev–Trinajstić information content (AvgIpc) is 3.36. The molecule has 4 heterocycles. The summed E-state index contributed by atoms with van der Waals surface area (Å²) in [5, 5.41) is 14.7. The summed E-state index contributed by atoms with van der Waals surface area (Å²) in [7, 11) is 0. The van der Waals surface area contributed by atoms with Gasteiger partial charge >= 0.3 is 5.97 Å². The van der Waals surface area contributed by atoms with Crippen LogP contribution in [0, 0.1) is 5.41 Å². The highest BCUT2D eigenvalue weighted by Gasteiger charge is 2.39. The van der Waals surface area contributed by atoms with Crippen molar-refractivity contribution in [3.63, 3.8) is 0 Å². The van der Waals surface area contributed by atoms with Gasteiger partial charge in [-0.25, -0.2) is 9.42 Å². The van der Waals surface area contributed by atoms with Crippen LogP contribution in [0.2, 0.25) is 0 Å². The number of aromatic nitrogens is 4. The van der Waals surface area contributed by atoms with E-state index in [1.165, 1.54) is 6.20 Å². The van der Waals surface area contributed by atoms with Crippen LogP contribution in [-0.4, -0.2) is 58.3 Å². The van der Waals surface area contributed by atoms with Crippen molar-refractivity contribution >= 4 is 11.9 Å². The fourth-order valence-corrected chi connectivity index (χ4v) is 4.07. The van der Waals surface area contributed by atoms with Crippen molar-refractivity contribution < 1.29 is 23.7 Å². The van der Waals surface area contributed by atoms with E-state index in [1.54, 1.807) is 0 Å². The number of aryl methyl sites for hydroxylation is 2. The molecule has 29 heavy (non-hydrogen) atoms. The Morgan fingerprint density at radius 3 is 2.93 bits per heavy atom. The van der Waals surface area contributed by atoms with Crippen LogP contribution in [0.15, 0.2) is 10.8 Å². The van der Waals surface area contributed by atoms with E-state index in [1.807, 2.05) is 11.6 Å². The monoisotopic (exact) mass is 403 g/mol. The molecule has 2 aromatic rings. The van der Waals surface area contributed by atoms with Crippen LogP contribution in [0.4, 0.5) is 0 Å². The van der Waals surface area contributed by atoms with Crippen LogP contribution in [0.5, 0.6) is 0 Å². The molecule has 1 N–H and O–H groups in total. The second-order valence-corrected chi connectivity index (χ2v) is 7.60. The molecule has 2 aliphatic heterocycles. The Labute approximate surface area is 167 Å². The van der Waals surface area contributed by atoms with Gasteiger partial charge in [0.15, 0.2) is 0 Å². The fourth-order valence-electron chi connectivity index (χ4n) is 4.07. The van der Waals surface area contributed by atoms with Crippen molar-refractivity contribution in [3.05, 3.63) is 28.8 Å². The number of amides is 1. The molecule has 0 atom stereocenters. The molecule has 1 saturated heterocycles. The predicted octanol–water partition coefficient (Wildman–Crippen LogP) is 1.16. The Hall–Kier alpha value is -2.75. The highest BCUT2D eigenvalue weighted by Crippen LogP contribution is 2.37. The Kier molecular flexibility index (Phi) is 5.61. The maximum absolute atomic E-state index is 12.8. The minimum Gasteiger partial charge on any atom is -0.461 e. The Balaban J connectivity index is 1.47. The standard InChI is InChI=1S/C19H25N5O5/c1-2-13-16-15(10-19(12-20-17(16)25)4-8-27-9-5-19)24(22-13)6-3-7-28-18(26)14-11-21-29-23-14/h11H,2-10,12H2,1H3,(H,20,25). The second kappa shape index (κ2) is 8.32. The van der Waals surface area contributed by atoms with Gasteiger partial charge in [-0.1, -0.05) is 12.1 Å². The fraction of sp³-hybridized carbons (Fsp3) is 0.632. The largest absolute Gasteiger partial charge is 0.461 e. The van der Waals surface area contributed by atoms with Crippen molar-refractivity contribution in [2.24, 2.45) is 5.41 Å². The maximum Gasteiger partial charge on any atom is 0.362 e. The zero-order valence-corrected chi connectivity index (χ0v) is 16.5. The minimum absolute atomic E-state index is 0.00831. The minimum atomic E-state index is -0.569. The van der Waals surface area contributed by atoms with Gasteiger partial charge in [-0.05, 0) is 36.3 Å². The van der Waals surface area contributed by atoms with Crippen LogP contribution < -0.4 is 5.32 Å². The molecule has 10 nitrogen and oxygen atoms in total. The number of fused-ring (bicyclic) bond motifs is 1. The van der Waals surface area contributed by atoms with Gasteiger partial charge in [-0.2, -0.15) is 5.10 Å². The summed E-state index contributed by atoms with van der Waals surface area (Å²) in [4.78, 5) is 24.6. The number of esters is 1. The summed E-state index contributed by atoms with van der Waals surface area (Å²) < 4.78 is 17.1. The van der Waals surface area contributed by atoms with Crippen LogP contribution in [0.25, 0.3) is 0 Å².